The van der Waals surface area contributed by atoms with Crippen LogP contribution in [0.4, 0.5) is 0 Å². The largest absolute Gasteiger partial charge is 0.480 e. The van der Waals surface area contributed by atoms with E-state index in [1.807, 2.05) is 0 Å². The van der Waals surface area contributed by atoms with E-state index in [1.54, 1.807) is 0 Å². The molecule has 0 unspecified atom stereocenters. The molecule has 0 bridgehead atoms. The van der Waals surface area contributed by atoms with Crippen LogP contribution in [0, 0.1) is 0 Å². The molecule has 0 aliphatic heterocycles. The molecule has 0 aromatic rings. The van der Waals surface area contributed by atoms with Crippen LogP contribution in [-0.2, 0) is 40.2 Å². The van der Waals surface area contributed by atoms with Crippen LogP contribution in [0.25, 0.3) is 0 Å². The third-order valence-corrected chi connectivity index (χ3v) is 0.698. The number of carboxylic acids is 4. The summed E-state index contributed by atoms with van der Waals surface area (Å²) in [4.78, 5) is 37.0. The van der Waals surface area contributed by atoms with Gasteiger partial charge in [-0.2, -0.15) is 0 Å². The first kappa shape index (κ1) is 31.7. The molecule has 0 heterocycles. The maximum Gasteiger partial charge on any atom is 0.317 e. The molecule has 0 rings (SSSR count). The molecule has 0 radical (unpaired) electrons. The average Bonchev–Trinajstić information content (AvgIpc) is 2.40. The third-order valence-electron chi connectivity index (χ3n) is 0.698. The van der Waals surface area contributed by atoms with Crippen LogP contribution in [-0.4, -0.2) is 70.5 Å². The van der Waals surface area contributed by atoms with E-state index in [1.165, 1.54) is 0 Å². The normalized spacial score (nSPS) is 7.05. The number of aliphatic carboxylic acids is 4. The summed E-state index contributed by atoms with van der Waals surface area (Å²) in [5, 5.41) is 30.4. The quantitative estimate of drug-likeness (QED) is 0.212. The summed E-state index contributed by atoms with van der Waals surface area (Å²) in [5.74, 6) is -3.87. The van der Waals surface area contributed by atoms with Crippen LogP contribution < -0.4 is 22.9 Å². The van der Waals surface area contributed by atoms with Crippen molar-refractivity contribution in [3.63, 3.8) is 0 Å². The van der Waals surface area contributed by atoms with E-state index in [0.29, 0.717) is 0 Å². The molecule has 0 aromatic heterocycles. The number of carbonyl (C=O) groups is 4. The zero-order chi connectivity index (χ0) is 17.1. The standard InChI is InChI=1S/4C2H5NO2.Mo/c4*3-1-2(4)5;/h4*1,3H2,(H,4,5);. The minimum Gasteiger partial charge on any atom is -0.480 e. The van der Waals surface area contributed by atoms with E-state index in [0.717, 1.165) is 0 Å². The summed E-state index contributed by atoms with van der Waals surface area (Å²) in [6.45, 7) is -1.11. The summed E-state index contributed by atoms with van der Waals surface area (Å²) in [5.41, 5.74) is 18.3. The van der Waals surface area contributed by atoms with Crippen molar-refractivity contribution < 1.29 is 60.7 Å². The molecule has 12 N–H and O–H groups in total. The van der Waals surface area contributed by atoms with Gasteiger partial charge in [0.05, 0.1) is 26.2 Å². The molecule has 0 spiro atoms. The minimum atomic E-state index is -0.968. The molecular formula is C8H20MoN4O8. The Morgan fingerprint density at radius 2 is 0.571 bits per heavy atom. The Labute approximate surface area is 134 Å². The predicted octanol–water partition coefficient (Wildman–Crippen LogP) is -3.88. The summed E-state index contributed by atoms with van der Waals surface area (Å²) in [7, 11) is 0. The predicted molar refractivity (Wildman–Crippen MR) is 66.8 cm³/mol. The van der Waals surface area contributed by atoms with Gasteiger partial charge in [-0.15, -0.1) is 0 Å². The number of rotatable bonds is 4. The molecule has 0 aliphatic rings. The Kier molecular flexibility index (Phi) is 40.5. The summed E-state index contributed by atoms with van der Waals surface area (Å²) < 4.78 is 0. The van der Waals surface area contributed by atoms with Crippen molar-refractivity contribution >= 4 is 23.9 Å². The van der Waals surface area contributed by atoms with E-state index in [-0.39, 0.29) is 47.2 Å². The Morgan fingerprint density at radius 1 is 0.524 bits per heavy atom. The van der Waals surface area contributed by atoms with Gasteiger partial charge in [0.2, 0.25) is 0 Å². The average molecular weight is 396 g/mol. The van der Waals surface area contributed by atoms with Gasteiger partial charge in [0.25, 0.3) is 0 Å². The Morgan fingerprint density at radius 3 is 0.571 bits per heavy atom. The molecule has 126 valence electrons. The first-order valence-electron chi connectivity index (χ1n) is 4.76. The molecule has 12 nitrogen and oxygen atoms in total. The second-order valence-electron chi connectivity index (χ2n) is 2.39. The monoisotopic (exact) mass is 398 g/mol. The fourth-order valence-corrected chi connectivity index (χ4v) is 0. The number of nitrogens with two attached hydrogens (primary N) is 4. The summed E-state index contributed by atoms with van der Waals surface area (Å²) >= 11 is 0. The van der Waals surface area contributed by atoms with Crippen molar-refractivity contribution in [1.82, 2.24) is 0 Å². The number of carboxylic acid groups (broad SMARTS) is 4. The van der Waals surface area contributed by atoms with Gasteiger partial charge >= 0.3 is 23.9 Å². The molecule has 0 saturated heterocycles. The fraction of sp³-hybridized carbons (Fsp3) is 0.500. The maximum atomic E-state index is 9.24. The van der Waals surface area contributed by atoms with Gasteiger partial charge in [-0.25, -0.2) is 0 Å². The maximum absolute atomic E-state index is 9.24. The number of hydrogen-bond acceptors (Lipinski definition) is 8. The van der Waals surface area contributed by atoms with E-state index < -0.39 is 23.9 Å². The zero-order valence-corrected chi connectivity index (χ0v) is 13.0. The van der Waals surface area contributed by atoms with Crippen LogP contribution in [0.3, 0.4) is 0 Å². The van der Waals surface area contributed by atoms with Crippen LogP contribution in [0.5, 0.6) is 0 Å². The SMILES string of the molecule is NCC(=O)O.NCC(=O)O.NCC(=O)O.NCC(=O)O.[Mo]. The van der Waals surface area contributed by atoms with Crippen molar-refractivity contribution in [3.8, 4) is 0 Å². The molecule has 21 heavy (non-hydrogen) atoms. The molecule has 0 atom stereocenters. The van der Waals surface area contributed by atoms with Crippen LogP contribution in [0.2, 0.25) is 0 Å². The second-order valence-corrected chi connectivity index (χ2v) is 2.39. The van der Waals surface area contributed by atoms with Crippen LogP contribution in [0.1, 0.15) is 0 Å². The molecule has 0 saturated carbocycles. The number of hydrogen-bond donors (Lipinski definition) is 8. The van der Waals surface area contributed by atoms with Crippen molar-refractivity contribution in [1.29, 1.82) is 0 Å². The van der Waals surface area contributed by atoms with Crippen LogP contribution in [0.15, 0.2) is 0 Å². The Bertz CT molecular complexity index is 233. The third kappa shape index (κ3) is 121. The van der Waals surface area contributed by atoms with Crippen molar-refractivity contribution in [2.75, 3.05) is 26.2 Å². The first-order chi connectivity index (χ1) is 9.08. The van der Waals surface area contributed by atoms with E-state index in [9.17, 15) is 19.2 Å². The van der Waals surface area contributed by atoms with Gasteiger partial charge < -0.3 is 43.4 Å². The molecular weight excluding hydrogens is 376 g/mol. The van der Waals surface area contributed by atoms with E-state index >= 15 is 0 Å². The second kappa shape index (κ2) is 26.9. The van der Waals surface area contributed by atoms with Gasteiger partial charge in [-0.1, -0.05) is 0 Å². The summed E-state index contributed by atoms with van der Waals surface area (Å²) in [6, 6.07) is 0. The zero-order valence-electron chi connectivity index (χ0n) is 11.0. The van der Waals surface area contributed by atoms with Crippen molar-refractivity contribution in [2.45, 2.75) is 0 Å². The van der Waals surface area contributed by atoms with E-state index in [4.69, 9.17) is 20.4 Å². The topological polar surface area (TPSA) is 253 Å². The summed E-state index contributed by atoms with van der Waals surface area (Å²) in [6.07, 6.45) is 0. The Balaban J connectivity index is -0.0000000533. The van der Waals surface area contributed by atoms with Crippen molar-refractivity contribution in [3.05, 3.63) is 0 Å². The van der Waals surface area contributed by atoms with Gasteiger partial charge in [0.1, 0.15) is 0 Å². The molecule has 0 aliphatic carbocycles. The van der Waals surface area contributed by atoms with Gasteiger partial charge in [-0.05, 0) is 0 Å². The van der Waals surface area contributed by atoms with Gasteiger partial charge in [0, 0.05) is 21.1 Å². The molecule has 13 heteroatoms. The van der Waals surface area contributed by atoms with Crippen LogP contribution >= 0.6 is 0 Å². The molecule has 0 amide bonds. The van der Waals surface area contributed by atoms with Gasteiger partial charge in [0.15, 0.2) is 0 Å². The fourth-order valence-electron chi connectivity index (χ4n) is 0. The molecule has 0 aromatic carbocycles. The first-order valence-corrected chi connectivity index (χ1v) is 4.76. The smallest absolute Gasteiger partial charge is 0.317 e. The minimum absolute atomic E-state index is 0. The Hall–Kier alpha value is -1.59. The van der Waals surface area contributed by atoms with E-state index in [2.05, 4.69) is 22.9 Å². The molecule has 0 fully saturated rings. The van der Waals surface area contributed by atoms with Gasteiger partial charge in [-0.3, -0.25) is 19.2 Å². The van der Waals surface area contributed by atoms with Crippen molar-refractivity contribution in [2.24, 2.45) is 22.9 Å².